The quantitative estimate of drug-likeness (QED) is 0.828. The van der Waals surface area contributed by atoms with Gasteiger partial charge in [-0.3, -0.25) is 0 Å². The minimum atomic E-state index is 0.00924. The Labute approximate surface area is 133 Å². The third-order valence-corrected chi connectivity index (χ3v) is 4.07. The van der Waals surface area contributed by atoms with Gasteiger partial charge in [0.15, 0.2) is 11.5 Å². The third kappa shape index (κ3) is 4.01. The summed E-state index contributed by atoms with van der Waals surface area (Å²) in [6.07, 6.45) is 1.05. The molecule has 0 aliphatic carbocycles. The maximum Gasteiger partial charge on any atom is 0.161 e. The Morgan fingerprint density at radius 3 is 2.41 bits per heavy atom. The van der Waals surface area contributed by atoms with Gasteiger partial charge in [0.1, 0.15) is 6.61 Å². The van der Waals surface area contributed by atoms with Crippen LogP contribution in [0.25, 0.3) is 0 Å². The molecule has 0 saturated heterocycles. The monoisotopic (exact) mass is 299 g/mol. The molecule has 2 rings (SSSR count). The molecule has 2 aromatic carbocycles. The van der Waals surface area contributed by atoms with Gasteiger partial charge in [-0.15, -0.1) is 0 Å². The van der Waals surface area contributed by atoms with E-state index in [1.54, 1.807) is 7.11 Å². The summed E-state index contributed by atoms with van der Waals surface area (Å²) in [5, 5.41) is 0. The third-order valence-electron chi connectivity index (χ3n) is 4.07. The fourth-order valence-corrected chi connectivity index (χ4v) is 2.33. The normalized spacial score (nSPS) is 13.5. The van der Waals surface area contributed by atoms with E-state index in [1.165, 1.54) is 0 Å². The molecule has 0 heterocycles. The van der Waals surface area contributed by atoms with Crippen LogP contribution in [0.1, 0.15) is 37.4 Å². The molecule has 0 aliphatic rings. The van der Waals surface area contributed by atoms with Crippen molar-refractivity contribution in [3.8, 4) is 11.5 Å². The summed E-state index contributed by atoms with van der Waals surface area (Å²) in [6.45, 7) is 4.83. The Balaban J connectivity index is 2.17. The van der Waals surface area contributed by atoms with Crippen LogP contribution in [-0.2, 0) is 6.61 Å². The zero-order chi connectivity index (χ0) is 15.9. The fourth-order valence-electron chi connectivity index (χ4n) is 2.33. The topological polar surface area (TPSA) is 44.5 Å². The van der Waals surface area contributed by atoms with E-state index in [0.717, 1.165) is 29.0 Å². The number of rotatable bonds is 7. The zero-order valence-corrected chi connectivity index (χ0v) is 13.6. The highest BCUT2D eigenvalue weighted by atomic mass is 16.5. The molecule has 2 N–H and O–H groups in total. The molecule has 0 aliphatic heterocycles. The van der Waals surface area contributed by atoms with Crippen molar-refractivity contribution in [2.24, 2.45) is 11.7 Å². The van der Waals surface area contributed by atoms with Gasteiger partial charge in [0.2, 0.25) is 0 Å². The van der Waals surface area contributed by atoms with Crippen molar-refractivity contribution in [1.29, 1.82) is 0 Å². The number of hydrogen-bond acceptors (Lipinski definition) is 3. The first-order chi connectivity index (χ1) is 10.7. The molecule has 1 unspecified atom stereocenters. The summed E-state index contributed by atoms with van der Waals surface area (Å²) in [5.74, 6) is 1.90. The van der Waals surface area contributed by atoms with Crippen LogP contribution in [0, 0.1) is 5.92 Å². The van der Waals surface area contributed by atoms with E-state index in [0.29, 0.717) is 12.5 Å². The number of methoxy groups -OCH3 is 1. The van der Waals surface area contributed by atoms with Crippen molar-refractivity contribution in [2.75, 3.05) is 7.11 Å². The molecule has 22 heavy (non-hydrogen) atoms. The van der Waals surface area contributed by atoms with E-state index in [-0.39, 0.29) is 6.04 Å². The van der Waals surface area contributed by atoms with Crippen molar-refractivity contribution < 1.29 is 9.47 Å². The van der Waals surface area contributed by atoms with Gasteiger partial charge in [-0.25, -0.2) is 0 Å². The molecule has 0 aromatic heterocycles. The largest absolute Gasteiger partial charge is 0.493 e. The van der Waals surface area contributed by atoms with Gasteiger partial charge in [-0.05, 0) is 29.2 Å². The minimum Gasteiger partial charge on any atom is -0.493 e. The smallest absolute Gasteiger partial charge is 0.161 e. The van der Waals surface area contributed by atoms with Crippen LogP contribution in [-0.4, -0.2) is 7.11 Å². The summed E-state index contributed by atoms with van der Waals surface area (Å²) in [4.78, 5) is 0. The summed E-state index contributed by atoms with van der Waals surface area (Å²) in [6, 6.07) is 16.0. The maximum absolute atomic E-state index is 6.32. The highest BCUT2D eigenvalue weighted by Gasteiger charge is 2.15. The second-order valence-corrected chi connectivity index (χ2v) is 5.60. The summed E-state index contributed by atoms with van der Waals surface area (Å²) in [7, 11) is 1.65. The van der Waals surface area contributed by atoms with Gasteiger partial charge in [-0.1, -0.05) is 56.7 Å². The van der Waals surface area contributed by atoms with Gasteiger partial charge in [0.25, 0.3) is 0 Å². The first kappa shape index (κ1) is 16.4. The first-order valence-corrected chi connectivity index (χ1v) is 7.76. The number of benzene rings is 2. The molecule has 0 radical (unpaired) electrons. The van der Waals surface area contributed by atoms with Gasteiger partial charge >= 0.3 is 0 Å². The Kier molecular flexibility index (Phi) is 5.84. The lowest BCUT2D eigenvalue weighted by Gasteiger charge is -2.20. The SMILES string of the molecule is CCC(C)[C@H](N)c1ccc(OC)c(OCc2ccccc2)c1. The Morgan fingerprint density at radius 2 is 1.77 bits per heavy atom. The molecule has 3 nitrogen and oxygen atoms in total. The molecule has 2 aromatic rings. The van der Waals surface area contributed by atoms with E-state index in [9.17, 15) is 0 Å². The van der Waals surface area contributed by atoms with Crippen molar-refractivity contribution in [1.82, 2.24) is 0 Å². The number of hydrogen-bond donors (Lipinski definition) is 1. The summed E-state index contributed by atoms with van der Waals surface area (Å²) < 4.78 is 11.3. The number of nitrogens with two attached hydrogens (primary N) is 1. The highest BCUT2D eigenvalue weighted by Crippen LogP contribution is 2.32. The van der Waals surface area contributed by atoms with Crippen LogP contribution in [0.4, 0.5) is 0 Å². The lowest BCUT2D eigenvalue weighted by Crippen LogP contribution is -2.18. The van der Waals surface area contributed by atoms with Crippen molar-refractivity contribution in [3.05, 3.63) is 59.7 Å². The van der Waals surface area contributed by atoms with Crippen molar-refractivity contribution in [2.45, 2.75) is 32.9 Å². The van der Waals surface area contributed by atoms with E-state index in [1.807, 2.05) is 48.5 Å². The average molecular weight is 299 g/mol. The van der Waals surface area contributed by atoms with E-state index in [2.05, 4.69) is 13.8 Å². The molecular formula is C19H25NO2. The van der Waals surface area contributed by atoms with Crippen molar-refractivity contribution >= 4 is 0 Å². The van der Waals surface area contributed by atoms with E-state index in [4.69, 9.17) is 15.2 Å². The predicted octanol–water partition coefficient (Wildman–Crippen LogP) is 4.32. The standard InChI is InChI=1S/C19H25NO2/c1-4-14(2)19(20)16-10-11-17(21-3)18(12-16)22-13-15-8-6-5-7-9-15/h5-12,14,19H,4,13,20H2,1-3H3/t14?,19-/m0/s1. The molecule has 3 heteroatoms. The second kappa shape index (κ2) is 7.85. The predicted molar refractivity (Wildman–Crippen MR) is 90.2 cm³/mol. The van der Waals surface area contributed by atoms with Crippen LogP contribution in [0.5, 0.6) is 11.5 Å². The molecule has 0 saturated carbocycles. The van der Waals surface area contributed by atoms with Crippen LogP contribution in [0.15, 0.2) is 48.5 Å². The van der Waals surface area contributed by atoms with Gasteiger partial charge < -0.3 is 15.2 Å². The Morgan fingerprint density at radius 1 is 1.05 bits per heavy atom. The Bertz CT molecular complexity index is 583. The molecule has 0 spiro atoms. The highest BCUT2D eigenvalue weighted by molar-refractivity contribution is 5.44. The fraction of sp³-hybridized carbons (Fsp3) is 0.368. The van der Waals surface area contributed by atoms with Gasteiger partial charge in [0.05, 0.1) is 7.11 Å². The summed E-state index contributed by atoms with van der Waals surface area (Å²) in [5.41, 5.74) is 8.53. The van der Waals surface area contributed by atoms with E-state index < -0.39 is 0 Å². The molecule has 0 amide bonds. The summed E-state index contributed by atoms with van der Waals surface area (Å²) >= 11 is 0. The van der Waals surface area contributed by atoms with E-state index >= 15 is 0 Å². The van der Waals surface area contributed by atoms with Crippen molar-refractivity contribution in [3.63, 3.8) is 0 Å². The lowest BCUT2D eigenvalue weighted by molar-refractivity contribution is 0.283. The van der Waals surface area contributed by atoms with Gasteiger partial charge in [0, 0.05) is 6.04 Å². The average Bonchev–Trinajstić information content (AvgIpc) is 2.59. The maximum atomic E-state index is 6.32. The molecular weight excluding hydrogens is 274 g/mol. The first-order valence-electron chi connectivity index (χ1n) is 7.76. The van der Waals surface area contributed by atoms with Crippen LogP contribution < -0.4 is 15.2 Å². The van der Waals surface area contributed by atoms with Gasteiger partial charge in [-0.2, -0.15) is 0 Å². The molecule has 118 valence electrons. The second-order valence-electron chi connectivity index (χ2n) is 5.60. The molecule has 2 atom stereocenters. The van der Waals surface area contributed by atoms with Crippen LogP contribution >= 0.6 is 0 Å². The minimum absolute atomic E-state index is 0.00924. The zero-order valence-electron chi connectivity index (χ0n) is 13.6. The Hall–Kier alpha value is -2.00. The molecule has 0 bridgehead atoms. The van der Waals surface area contributed by atoms with Crippen LogP contribution in [0.2, 0.25) is 0 Å². The van der Waals surface area contributed by atoms with Crippen LogP contribution in [0.3, 0.4) is 0 Å². The lowest BCUT2D eigenvalue weighted by atomic mass is 9.93. The number of ether oxygens (including phenoxy) is 2. The molecule has 0 fully saturated rings.